The molecule has 0 unspecified atom stereocenters. The predicted molar refractivity (Wildman–Crippen MR) is 133 cm³/mol. The molecule has 11 heteroatoms. The number of halogens is 3. The highest BCUT2D eigenvalue weighted by atomic mass is 19.4. The molecule has 1 fully saturated rings. The molecule has 0 N–H and O–H groups in total. The molecule has 7 nitrogen and oxygen atoms in total. The molecule has 2 aromatic carbocycles. The summed E-state index contributed by atoms with van der Waals surface area (Å²) >= 11 is 0. The van der Waals surface area contributed by atoms with E-state index in [1.54, 1.807) is 39.0 Å². The van der Waals surface area contributed by atoms with Crippen LogP contribution in [-0.2, 0) is 26.8 Å². The summed E-state index contributed by atoms with van der Waals surface area (Å²) in [4.78, 5) is 17.7. The minimum Gasteiger partial charge on any atom is -0.486 e. The fourth-order valence-electron chi connectivity index (χ4n) is 3.77. The Labute approximate surface area is 214 Å². The normalized spacial score (nSPS) is 17.3. The molecule has 1 saturated heterocycles. The summed E-state index contributed by atoms with van der Waals surface area (Å²) in [7, 11) is -0.618. The molecule has 3 aromatic rings. The zero-order chi connectivity index (χ0) is 27.4. The summed E-state index contributed by atoms with van der Waals surface area (Å²) in [5.74, 6) is 0.434. The molecular formula is C26H30BF3N2O5. The van der Waals surface area contributed by atoms with Crippen LogP contribution in [0.3, 0.4) is 0 Å². The van der Waals surface area contributed by atoms with Crippen LogP contribution in [0.1, 0.15) is 59.9 Å². The van der Waals surface area contributed by atoms with Crippen molar-refractivity contribution in [1.29, 1.82) is 0 Å². The second kappa shape index (κ2) is 9.06. The molecule has 2 heterocycles. The van der Waals surface area contributed by atoms with Crippen LogP contribution in [0.5, 0.6) is 5.75 Å². The Hall–Kier alpha value is -3.05. The zero-order valence-corrected chi connectivity index (χ0v) is 21.9. The lowest BCUT2D eigenvalue weighted by atomic mass is 9.79. The molecule has 37 heavy (non-hydrogen) atoms. The van der Waals surface area contributed by atoms with Crippen molar-refractivity contribution in [3.05, 3.63) is 53.9 Å². The van der Waals surface area contributed by atoms with Gasteiger partial charge < -0.3 is 18.8 Å². The summed E-state index contributed by atoms with van der Waals surface area (Å²) in [6.45, 7) is 12.9. The molecule has 1 aliphatic heterocycles. The van der Waals surface area contributed by atoms with Crippen molar-refractivity contribution in [3.63, 3.8) is 0 Å². The molecule has 0 saturated carbocycles. The largest absolute Gasteiger partial charge is 0.494 e. The van der Waals surface area contributed by atoms with Gasteiger partial charge in [-0.15, -0.1) is 0 Å². The third-order valence-corrected chi connectivity index (χ3v) is 6.40. The van der Waals surface area contributed by atoms with Gasteiger partial charge in [0.05, 0.1) is 27.8 Å². The van der Waals surface area contributed by atoms with Crippen LogP contribution in [0.2, 0.25) is 0 Å². The standard InChI is InChI=1S/C26H30BF3N2O5/c1-23(2,3)35-22(33)32-20-13-10-17(27-36-24(4,5)25(6,7)37-27)14-19(20)31-21(32)15-34-18-11-8-16(9-12-18)26(28,29)30/h8-14H,15H2,1-7H3. The van der Waals surface area contributed by atoms with Crippen molar-refractivity contribution in [3.8, 4) is 5.75 Å². The molecular weight excluding hydrogens is 488 g/mol. The average Bonchev–Trinajstić information content (AvgIpc) is 3.23. The molecule has 198 valence electrons. The number of hydrogen-bond acceptors (Lipinski definition) is 6. The molecule has 0 amide bonds. The number of fused-ring (bicyclic) bond motifs is 1. The van der Waals surface area contributed by atoms with Gasteiger partial charge in [0.2, 0.25) is 0 Å². The first-order valence-electron chi connectivity index (χ1n) is 11.9. The van der Waals surface area contributed by atoms with Crippen molar-refractivity contribution in [1.82, 2.24) is 9.55 Å². The van der Waals surface area contributed by atoms with Gasteiger partial charge in [-0.05, 0) is 90.3 Å². The summed E-state index contributed by atoms with van der Waals surface area (Å²) in [6.07, 6.45) is -5.10. The van der Waals surface area contributed by atoms with E-state index in [1.165, 1.54) is 16.7 Å². The van der Waals surface area contributed by atoms with Gasteiger partial charge in [0.15, 0.2) is 5.82 Å². The van der Waals surface area contributed by atoms with E-state index < -0.39 is 41.8 Å². The van der Waals surface area contributed by atoms with Crippen LogP contribution in [0, 0.1) is 0 Å². The maximum absolute atomic E-state index is 13.1. The first kappa shape index (κ1) is 27.0. The number of aromatic nitrogens is 2. The summed E-state index contributed by atoms with van der Waals surface area (Å²) in [6, 6.07) is 9.62. The number of nitrogens with zero attached hydrogens (tertiary/aromatic N) is 2. The minimum atomic E-state index is -4.45. The molecule has 0 spiro atoms. The van der Waals surface area contributed by atoms with E-state index in [0.717, 1.165) is 17.6 Å². The van der Waals surface area contributed by atoms with E-state index in [1.807, 2.05) is 27.7 Å². The van der Waals surface area contributed by atoms with E-state index in [0.29, 0.717) is 11.0 Å². The SMILES string of the molecule is CC(C)(C)OC(=O)n1c(COc2ccc(C(F)(F)F)cc2)nc2cc(B3OC(C)(C)C(C)(C)O3)ccc21. The fraction of sp³-hybridized carbons (Fsp3) is 0.462. The average molecular weight is 518 g/mol. The van der Waals surface area contributed by atoms with E-state index in [-0.39, 0.29) is 18.2 Å². The highest BCUT2D eigenvalue weighted by Gasteiger charge is 2.51. The van der Waals surface area contributed by atoms with Crippen molar-refractivity contribution in [2.24, 2.45) is 0 Å². The first-order chi connectivity index (χ1) is 17.0. The number of rotatable bonds is 4. The van der Waals surface area contributed by atoms with Gasteiger partial charge in [0, 0.05) is 0 Å². The third-order valence-electron chi connectivity index (χ3n) is 6.40. The Kier molecular flexibility index (Phi) is 6.61. The monoisotopic (exact) mass is 518 g/mol. The molecule has 0 radical (unpaired) electrons. The highest BCUT2D eigenvalue weighted by Crippen LogP contribution is 2.37. The van der Waals surface area contributed by atoms with Gasteiger partial charge >= 0.3 is 19.4 Å². The summed E-state index contributed by atoms with van der Waals surface area (Å²) in [5.41, 5.74) is -0.885. The number of ether oxygens (including phenoxy) is 2. The van der Waals surface area contributed by atoms with Gasteiger partial charge in [-0.2, -0.15) is 13.2 Å². The van der Waals surface area contributed by atoms with Gasteiger partial charge in [0.1, 0.15) is 18.0 Å². The quantitative estimate of drug-likeness (QED) is 0.412. The summed E-state index contributed by atoms with van der Waals surface area (Å²) in [5, 5.41) is 0. The smallest absolute Gasteiger partial charge is 0.486 e. The molecule has 4 rings (SSSR count). The lowest BCUT2D eigenvalue weighted by Crippen LogP contribution is -2.41. The Morgan fingerprint density at radius 2 is 1.59 bits per heavy atom. The van der Waals surface area contributed by atoms with Gasteiger partial charge in [-0.25, -0.2) is 14.3 Å². The topological polar surface area (TPSA) is 71.8 Å². The maximum Gasteiger partial charge on any atom is 0.494 e. The van der Waals surface area contributed by atoms with Crippen molar-refractivity contribution in [2.45, 2.75) is 78.1 Å². The van der Waals surface area contributed by atoms with Crippen LogP contribution in [0.15, 0.2) is 42.5 Å². The van der Waals surface area contributed by atoms with E-state index in [9.17, 15) is 18.0 Å². The predicted octanol–water partition coefficient (Wildman–Crippen LogP) is 5.72. The zero-order valence-electron chi connectivity index (χ0n) is 21.9. The van der Waals surface area contributed by atoms with Crippen LogP contribution in [0.25, 0.3) is 11.0 Å². The van der Waals surface area contributed by atoms with Crippen LogP contribution in [-0.4, -0.2) is 39.6 Å². The maximum atomic E-state index is 13.1. The van der Waals surface area contributed by atoms with Gasteiger partial charge in [-0.1, -0.05) is 6.07 Å². The van der Waals surface area contributed by atoms with E-state index >= 15 is 0 Å². The van der Waals surface area contributed by atoms with Crippen LogP contribution < -0.4 is 10.2 Å². The molecule has 0 aliphatic carbocycles. The molecule has 0 atom stereocenters. The van der Waals surface area contributed by atoms with Crippen LogP contribution in [0.4, 0.5) is 18.0 Å². The highest BCUT2D eigenvalue weighted by molar-refractivity contribution is 6.62. The Balaban J connectivity index is 1.66. The number of imidazole rings is 1. The van der Waals surface area contributed by atoms with Crippen molar-refractivity contribution >= 4 is 29.7 Å². The fourth-order valence-corrected chi connectivity index (χ4v) is 3.77. The number of carbonyl (C=O) groups excluding carboxylic acids is 1. The number of carbonyl (C=O) groups is 1. The van der Waals surface area contributed by atoms with Crippen molar-refractivity contribution in [2.75, 3.05) is 0 Å². The molecule has 0 bridgehead atoms. The lowest BCUT2D eigenvalue weighted by molar-refractivity contribution is -0.137. The number of hydrogen-bond donors (Lipinski definition) is 0. The Morgan fingerprint density at radius 3 is 2.14 bits per heavy atom. The number of alkyl halides is 3. The van der Waals surface area contributed by atoms with Crippen molar-refractivity contribution < 1.29 is 36.7 Å². The van der Waals surface area contributed by atoms with Gasteiger partial charge in [0.25, 0.3) is 0 Å². The molecule has 1 aliphatic rings. The lowest BCUT2D eigenvalue weighted by Gasteiger charge is -2.32. The minimum absolute atomic E-state index is 0.175. The van der Waals surface area contributed by atoms with E-state index in [2.05, 4.69) is 4.98 Å². The Morgan fingerprint density at radius 1 is 1.00 bits per heavy atom. The Bertz CT molecular complexity index is 1290. The van der Waals surface area contributed by atoms with Gasteiger partial charge in [-0.3, -0.25) is 0 Å². The first-order valence-corrected chi connectivity index (χ1v) is 11.9. The number of benzene rings is 2. The molecule has 1 aromatic heterocycles. The second-order valence-electron chi connectivity index (χ2n) is 11.0. The third kappa shape index (κ3) is 5.62. The summed E-state index contributed by atoms with van der Waals surface area (Å²) < 4.78 is 63.5. The van der Waals surface area contributed by atoms with Crippen LogP contribution >= 0.6 is 0 Å². The van der Waals surface area contributed by atoms with E-state index in [4.69, 9.17) is 18.8 Å². The second-order valence-corrected chi connectivity index (χ2v) is 11.0.